The maximum Gasteiger partial charge on any atom is 0.303 e. The normalized spacial score (nSPS) is 27.0. The topological polar surface area (TPSA) is 101 Å². The fraction of sp³-hybridized carbons (Fsp3) is 0.500. The molecule has 0 aliphatic carbocycles. The van der Waals surface area contributed by atoms with E-state index >= 15 is 0 Å². The van der Waals surface area contributed by atoms with Crippen LogP contribution in [0.1, 0.15) is 19.4 Å². The summed E-state index contributed by atoms with van der Waals surface area (Å²) < 4.78 is 27.3. The van der Waals surface area contributed by atoms with E-state index < -0.39 is 42.6 Å². The molecule has 28 heavy (non-hydrogen) atoms. The molecular weight excluding hydrogens is 368 g/mol. The SMILES string of the molecule is C=CCO[C@@H]1O[C@H](COCc2ccccc2)[C@H](O)[C@H](OC(C)=O)[C@H]1OC(C)=O. The fourth-order valence-electron chi connectivity index (χ4n) is 2.84. The number of esters is 2. The van der Waals surface area contributed by atoms with Crippen molar-refractivity contribution >= 4 is 11.9 Å². The van der Waals surface area contributed by atoms with Gasteiger partial charge in [0, 0.05) is 13.8 Å². The Morgan fingerprint density at radius 1 is 1.14 bits per heavy atom. The van der Waals surface area contributed by atoms with Crippen molar-refractivity contribution in [3.63, 3.8) is 0 Å². The highest BCUT2D eigenvalue weighted by molar-refractivity contribution is 5.67. The van der Waals surface area contributed by atoms with Crippen LogP contribution in [0.4, 0.5) is 0 Å². The van der Waals surface area contributed by atoms with Crippen molar-refractivity contribution in [1.29, 1.82) is 0 Å². The summed E-state index contributed by atoms with van der Waals surface area (Å²) in [6.07, 6.45) is -3.96. The predicted molar refractivity (Wildman–Crippen MR) is 98.0 cm³/mol. The lowest BCUT2D eigenvalue weighted by molar-refractivity contribution is -0.305. The summed E-state index contributed by atoms with van der Waals surface area (Å²) in [5.74, 6) is -1.25. The van der Waals surface area contributed by atoms with Gasteiger partial charge in [0.2, 0.25) is 0 Å². The van der Waals surface area contributed by atoms with Gasteiger partial charge in [-0.05, 0) is 5.56 Å². The Morgan fingerprint density at radius 2 is 1.79 bits per heavy atom. The Kier molecular flexibility index (Phi) is 8.59. The van der Waals surface area contributed by atoms with E-state index in [0.717, 1.165) is 5.56 Å². The summed E-state index contributed by atoms with van der Waals surface area (Å²) in [5, 5.41) is 10.7. The summed E-state index contributed by atoms with van der Waals surface area (Å²) in [6.45, 7) is 6.43. The number of hydrogen-bond acceptors (Lipinski definition) is 8. The number of benzene rings is 1. The Bertz CT molecular complexity index is 647. The monoisotopic (exact) mass is 394 g/mol. The van der Waals surface area contributed by atoms with E-state index in [1.54, 1.807) is 0 Å². The molecule has 154 valence electrons. The minimum atomic E-state index is -1.27. The van der Waals surface area contributed by atoms with Gasteiger partial charge in [-0.3, -0.25) is 9.59 Å². The summed E-state index contributed by atoms with van der Waals surface area (Å²) in [5.41, 5.74) is 0.960. The average Bonchev–Trinajstić information content (AvgIpc) is 2.65. The van der Waals surface area contributed by atoms with Crippen LogP contribution in [0.5, 0.6) is 0 Å². The van der Waals surface area contributed by atoms with Crippen molar-refractivity contribution in [1.82, 2.24) is 0 Å². The van der Waals surface area contributed by atoms with Crippen molar-refractivity contribution in [3.8, 4) is 0 Å². The van der Waals surface area contributed by atoms with Gasteiger partial charge in [0.25, 0.3) is 0 Å². The first-order valence-electron chi connectivity index (χ1n) is 8.94. The number of aliphatic hydroxyl groups is 1. The molecular formula is C20H26O8. The quantitative estimate of drug-likeness (QED) is 0.495. The second-order valence-electron chi connectivity index (χ2n) is 6.30. The lowest BCUT2D eigenvalue weighted by Crippen LogP contribution is -2.61. The number of rotatable bonds is 9. The third-order valence-corrected chi connectivity index (χ3v) is 3.99. The van der Waals surface area contributed by atoms with Gasteiger partial charge in [-0.2, -0.15) is 0 Å². The van der Waals surface area contributed by atoms with Crippen LogP contribution in [0.3, 0.4) is 0 Å². The molecule has 8 nitrogen and oxygen atoms in total. The number of carbonyl (C=O) groups is 2. The van der Waals surface area contributed by atoms with Crippen molar-refractivity contribution in [2.45, 2.75) is 51.2 Å². The third-order valence-electron chi connectivity index (χ3n) is 3.99. The molecule has 0 bridgehead atoms. The largest absolute Gasteiger partial charge is 0.455 e. The molecule has 1 aromatic carbocycles. The van der Waals surface area contributed by atoms with E-state index in [4.69, 9.17) is 23.7 Å². The van der Waals surface area contributed by atoms with Crippen molar-refractivity contribution < 1.29 is 38.4 Å². The van der Waals surface area contributed by atoms with Gasteiger partial charge in [0.1, 0.15) is 12.2 Å². The minimum Gasteiger partial charge on any atom is -0.455 e. The van der Waals surface area contributed by atoms with Crippen molar-refractivity contribution in [2.75, 3.05) is 13.2 Å². The van der Waals surface area contributed by atoms with Crippen LogP contribution in [0.15, 0.2) is 43.0 Å². The molecule has 8 heteroatoms. The molecule has 1 fully saturated rings. The van der Waals surface area contributed by atoms with Gasteiger partial charge in [0.05, 0.1) is 19.8 Å². The lowest BCUT2D eigenvalue weighted by atomic mass is 9.98. The van der Waals surface area contributed by atoms with E-state index in [0.29, 0.717) is 6.61 Å². The van der Waals surface area contributed by atoms with E-state index in [1.165, 1.54) is 19.9 Å². The van der Waals surface area contributed by atoms with Crippen LogP contribution < -0.4 is 0 Å². The smallest absolute Gasteiger partial charge is 0.303 e. The molecule has 1 N–H and O–H groups in total. The van der Waals surface area contributed by atoms with Crippen LogP contribution in [0, 0.1) is 0 Å². The molecule has 1 heterocycles. The highest BCUT2D eigenvalue weighted by Gasteiger charge is 2.49. The predicted octanol–water partition coefficient (Wildman–Crippen LogP) is 1.35. The van der Waals surface area contributed by atoms with E-state index in [2.05, 4.69) is 6.58 Å². The first-order chi connectivity index (χ1) is 13.4. The molecule has 1 aromatic rings. The van der Waals surface area contributed by atoms with Gasteiger partial charge in [-0.1, -0.05) is 36.4 Å². The maximum absolute atomic E-state index is 11.5. The summed E-state index contributed by atoms with van der Waals surface area (Å²) in [6, 6.07) is 9.51. The number of carbonyl (C=O) groups excluding carboxylic acids is 2. The highest BCUT2D eigenvalue weighted by atomic mass is 16.7. The molecule has 5 atom stereocenters. The molecule has 1 saturated heterocycles. The molecule has 0 spiro atoms. The number of ether oxygens (including phenoxy) is 5. The summed E-state index contributed by atoms with van der Waals surface area (Å²) in [4.78, 5) is 23.0. The van der Waals surface area contributed by atoms with Gasteiger partial charge in [-0.15, -0.1) is 6.58 Å². The molecule has 0 radical (unpaired) electrons. The molecule has 1 aliphatic heterocycles. The van der Waals surface area contributed by atoms with Crippen LogP contribution >= 0.6 is 0 Å². The Balaban J connectivity index is 2.10. The maximum atomic E-state index is 11.5. The highest BCUT2D eigenvalue weighted by Crippen LogP contribution is 2.27. The zero-order chi connectivity index (χ0) is 20.5. The van der Waals surface area contributed by atoms with E-state index in [9.17, 15) is 14.7 Å². The molecule has 2 rings (SSSR count). The summed E-state index contributed by atoms with van der Waals surface area (Å²) >= 11 is 0. The molecule has 0 unspecified atom stereocenters. The van der Waals surface area contributed by atoms with E-state index in [-0.39, 0.29) is 13.2 Å². The second-order valence-corrected chi connectivity index (χ2v) is 6.30. The molecule has 0 saturated carbocycles. The average molecular weight is 394 g/mol. The van der Waals surface area contributed by atoms with E-state index in [1.807, 2.05) is 30.3 Å². The summed E-state index contributed by atoms with van der Waals surface area (Å²) in [7, 11) is 0. The first-order valence-corrected chi connectivity index (χ1v) is 8.94. The Morgan fingerprint density at radius 3 is 2.39 bits per heavy atom. The fourth-order valence-corrected chi connectivity index (χ4v) is 2.84. The minimum absolute atomic E-state index is 0.0224. The van der Waals surface area contributed by atoms with Crippen LogP contribution in [0.25, 0.3) is 0 Å². The number of hydrogen-bond donors (Lipinski definition) is 1. The zero-order valence-electron chi connectivity index (χ0n) is 16.0. The standard InChI is InChI=1S/C20H26O8/c1-4-10-25-20-19(27-14(3)22)18(26-13(2)21)17(23)16(28-20)12-24-11-15-8-6-5-7-9-15/h4-9,16-20,23H,1,10-12H2,2-3H3/t16-,17+,18+,19-,20-/m1/s1. The second kappa shape index (κ2) is 10.9. The molecule has 1 aliphatic rings. The van der Waals surface area contributed by atoms with Gasteiger partial charge in [-0.25, -0.2) is 0 Å². The molecule has 0 aromatic heterocycles. The van der Waals surface area contributed by atoms with Crippen LogP contribution in [-0.4, -0.2) is 61.0 Å². The van der Waals surface area contributed by atoms with Crippen molar-refractivity contribution in [3.05, 3.63) is 48.6 Å². The first kappa shape index (κ1) is 22.0. The lowest BCUT2D eigenvalue weighted by Gasteiger charge is -2.42. The van der Waals surface area contributed by atoms with Gasteiger partial charge in [0.15, 0.2) is 18.5 Å². The Labute approximate surface area is 164 Å². The number of aliphatic hydroxyl groups excluding tert-OH is 1. The van der Waals surface area contributed by atoms with Gasteiger partial charge >= 0.3 is 11.9 Å². The third kappa shape index (κ3) is 6.42. The van der Waals surface area contributed by atoms with Crippen LogP contribution in [-0.2, 0) is 39.9 Å². The van der Waals surface area contributed by atoms with Gasteiger partial charge < -0.3 is 28.8 Å². The van der Waals surface area contributed by atoms with Crippen molar-refractivity contribution in [2.24, 2.45) is 0 Å². The zero-order valence-corrected chi connectivity index (χ0v) is 16.0. The van der Waals surface area contributed by atoms with Crippen LogP contribution in [0.2, 0.25) is 0 Å². The molecule has 0 amide bonds. The Hall–Kier alpha value is -2.26.